The second-order valence-corrected chi connectivity index (χ2v) is 4.04. The van der Waals surface area contributed by atoms with E-state index in [0.29, 0.717) is 5.69 Å². The number of nitrogens with two attached hydrogens (primary N) is 1. The van der Waals surface area contributed by atoms with E-state index in [9.17, 15) is 8.78 Å². The molecule has 0 spiro atoms. The summed E-state index contributed by atoms with van der Waals surface area (Å²) in [4.78, 5) is 0. The molecule has 0 aromatic heterocycles. The molecule has 1 fully saturated rings. The van der Waals surface area contributed by atoms with E-state index in [1.54, 1.807) is 0 Å². The van der Waals surface area contributed by atoms with Crippen molar-refractivity contribution in [2.75, 3.05) is 5.32 Å². The fraction of sp³-hybridized carbons (Fsp3) is 0.455. The molecule has 2 nitrogen and oxygen atoms in total. The van der Waals surface area contributed by atoms with Crippen LogP contribution in [0.5, 0.6) is 0 Å². The lowest BCUT2D eigenvalue weighted by molar-refractivity contribution is 0.582. The van der Waals surface area contributed by atoms with Gasteiger partial charge in [0.2, 0.25) is 0 Å². The van der Waals surface area contributed by atoms with Gasteiger partial charge >= 0.3 is 0 Å². The lowest BCUT2D eigenvalue weighted by atomic mass is 10.2. The zero-order valence-corrected chi connectivity index (χ0v) is 8.34. The van der Waals surface area contributed by atoms with Crippen molar-refractivity contribution >= 4 is 5.69 Å². The van der Waals surface area contributed by atoms with E-state index >= 15 is 0 Å². The van der Waals surface area contributed by atoms with Crippen molar-refractivity contribution in [3.63, 3.8) is 0 Å². The molecule has 2 rings (SSSR count). The van der Waals surface area contributed by atoms with Crippen LogP contribution in [0.25, 0.3) is 0 Å². The first kappa shape index (κ1) is 10.4. The van der Waals surface area contributed by atoms with Gasteiger partial charge in [-0.1, -0.05) is 0 Å². The largest absolute Gasteiger partial charge is 0.380 e. The number of nitrogens with one attached hydrogen (secondary N) is 1. The molecule has 1 saturated carbocycles. The molecular weight excluding hydrogens is 198 g/mol. The Kier molecular flexibility index (Phi) is 2.86. The van der Waals surface area contributed by atoms with Crippen LogP contribution < -0.4 is 11.1 Å². The lowest BCUT2D eigenvalue weighted by Gasteiger charge is -2.14. The topological polar surface area (TPSA) is 38.0 Å². The second-order valence-electron chi connectivity index (χ2n) is 4.04. The molecular formula is C11H14F2N2. The van der Waals surface area contributed by atoms with Gasteiger partial charge in [-0.25, -0.2) is 8.78 Å². The molecule has 15 heavy (non-hydrogen) atoms. The van der Waals surface area contributed by atoms with Crippen LogP contribution in [-0.2, 0) is 0 Å². The van der Waals surface area contributed by atoms with E-state index in [0.717, 1.165) is 25.3 Å². The van der Waals surface area contributed by atoms with Crippen molar-refractivity contribution in [2.24, 2.45) is 5.73 Å². The van der Waals surface area contributed by atoms with Crippen LogP contribution in [0.2, 0.25) is 0 Å². The first-order valence-electron chi connectivity index (χ1n) is 5.12. The zero-order valence-electron chi connectivity index (χ0n) is 8.34. The van der Waals surface area contributed by atoms with Crippen molar-refractivity contribution in [3.05, 3.63) is 29.8 Å². The van der Waals surface area contributed by atoms with Gasteiger partial charge in [0.15, 0.2) is 0 Å². The van der Waals surface area contributed by atoms with E-state index in [1.807, 2.05) is 0 Å². The number of anilines is 1. The SMILES string of the molecule is NC1CCC(Nc2ccc(F)cc2F)C1. The molecule has 2 unspecified atom stereocenters. The van der Waals surface area contributed by atoms with E-state index < -0.39 is 11.6 Å². The molecule has 0 heterocycles. The normalized spacial score (nSPS) is 25.5. The third-order valence-electron chi connectivity index (χ3n) is 2.76. The van der Waals surface area contributed by atoms with Crippen LogP contribution in [0.3, 0.4) is 0 Å². The Hall–Kier alpha value is -1.16. The zero-order chi connectivity index (χ0) is 10.8. The van der Waals surface area contributed by atoms with Gasteiger partial charge in [-0.2, -0.15) is 0 Å². The Morgan fingerprint density at radius 1 is 1.27 bits per heavy atom. The maximum atomic E-state index is 13.3. The molecule has 0 radical (unpaired) electrons. The van der Waals surface area contributed by atoms with E-state index in [-0.39, 0.29) is 12.1 Å². The van der Waals surface area contributed by atoms with Gasteiger partial charge in [0.25, 0.3) is 0 Å². The predicted molar refractivity (Wildman–Crippen MR) is 55.6 cm³/mol. The van der Waals surface area contributed by atoms with Crippen LogP contribution in [0, 0.1) is 11.6 Å². The van der Waals surface area contributed by atoms with E-state index in [4.69, 9.17) is 5.73 Å². The molecule has 0 bridgehead atoms. The first-order valence-corrected chi connectivity index (χ1v) is 5.12. The standard InChI is InChI=1S/C11H14F2N2/c12-7-1-4-11(10(13)5-7)15-9-3-2-8(14)6-9/h1,4-5,8-9,15H,2-3,6,14H2. The van der Waals surface area contributed by atoms with E-state index in [1.165, 1.54) is 12.1 Å². The van der Waals surface area contributed by atoms with Gasteiger partial charge in [-0.15, -0.1) is 0 Å². The van der Waals surface area contributed by atoms with Crippen molar-refractivity contribution in [2.45, 2.75) is 31.3 Å². The van der Waals surface area contributed by atoms with Crippen molar-refractivity contribution in [3.8, 4) is 0 Å². The molecule has 3 N–H and O–H groups in total. The van der Waals surface area contributed by atoms with Crippen LogP contribution in [0.1, 0.15) is 19.3 Å². The summed E-state index contributed by atoms with van der Waals surface area (Å²) in [5, 5.41) is 3.05. The summed E-state index contributed by atoms with van der Waals surface area (Å²) in [7, 11) is 0. The Morgan fingerprint density at radius 3 is 2.67 bits per heavy atom. The maximum Gasteiger partial charge on any atom is 0.149 e. The minimum absolute atomic E-state index is 0.200. The molecule has 0 aliphatic heterocycles. The summed E-state index contributed by atoms with van der Waals surface area (Å²) in [5.74, 6) is -1.10. The Labute approximate surface area is 87.5 Å². The molecule has 2 atom stereocenters. The predicted octanol–water partition coefficient (Wildman–Crippen LogP) is 2.26. The highest BCUT2D eigenvalue weighted by molar-refractivity contribution is 5.45. The fourth-order valence-electron chi connectivity index (χ4n) is 1.97. The number of hydrogen-bond donors (Lipinski definition) is 2. The van der Waals surface area contributed by atoms with E-state index in [2.05, 4.69) is 5.32 Å². The Balaban J connectivity index is 2.04. The Morgan fingerprint density at radius 2 is 2.07 bits per heavy atom. The second kappa shape index (κ2) is 4.14. The van der Waals surface area contributed by atoms with Gasteiger partial charge in [-0.3, -0.25) is 0 Å². The molecule has 1 aromatic carbocycles. The highest BCUT2D eigenvalue weighted by atomic mass is 19.1. The third kappa shape index (κ3) is 2.45. The molecule has 4 heteroatoms. The third-order valence-corrected chi connectivity index (χ3v) is 2.76. The lowest BCUT2D eigenvalue weighted by Crippen LogP contribution is -2.21. The van der Waals surface area contributed by atoms with Crippen molar-refractivity contribution in [1.29, 1.82) is 0 Å². The average Bonchev–Trinajstić information content (AvgIpc) is 2.56. The molecule has 82 valence electrons. The molecule has 0 saturated heterocycles. The summed E-state index contributed by atoms with van der Waals surface area (Å²) in [6.45, 7) is 0. The van der Waals surface area contributed by atoms with Gasteiger partial charge in [0.05, 0.1) is 5.69 Å². The summed E-state index contributed by atoms with van der Waals surface area (Å²) >= 11 is 0. The van der Waals surface area contributed by atoms with Crippen molar-refractivity contribution < 1.29 is 8.78 Å². The van der Waals surface area contributed by atoms with Gasteiger partial charge < -0.3 is 11.1 Å². The van der Waals surface area contributed by atoms with Crippen LogP contribution in [0.4, 0.5) is 14.5 Å². The molecule has 0 amide bonds. The van der Waals surface area contributed by atoms with Crippen LogP contribution in [0.15, 0.2) is 18.2 Å². The molecule has 1 aliphatic rings. The minimum atomic E-state index is -0.554. The quantitative estimate of drug-likeness (QED) is 0.789. The van der Waals surface area contributed by atoms with Gasteiger partial charge in [0.1, 0.15) is 11.6 Å². The van der Waals surface area contributed by atoms with Gasteiger partial charge in [0, 0.05) is 18.2 Å². The number of rotatable bonds is 2. The highest BCUT2D eigenvalue weighted by Crippen LogP contribution is 2.23. The summed E-state index contributed by atoms with van der Waals surface area (Å²) in [6, 6.07) is 3.97. The smallest absolute Gasteiger partial charge is 0.149 e. The van der Waals surface area contributed by atoms with Crippen molar-refractivity contribution in [1.82, 2.24) is 0 Å². The Bertz CT molecular complexity index is 354. The van der Waals surface area contributed by atoms with Gasteiger partial charge in [-0.05, 0) is 31.4 Å². The first-order chi connectivity index (χ1) is 7.15. The minimum Gasteiger partial charge on any atom is -0.380 e. The number of hydrogen-bond acceptors (Lipinski definition) is 2. The summed E-state index contributed by atoms with van der Waals surface area (Å²) < 4.78 is 25.9. The average molecular weight is 212 g/mol. The molecule has 1 aliphatic carbocycles. The van der Waals surface area contributed by atoms with Crippen LogP contribution >= 0.6 is 0 Å². The monoisotopic (exact) mass is 212 g/mol. The summed E-state index contributed by atoms with van der Waals surface area (Å²) in [6.07, 6.45) is 2.75. The maximum absolute atomic E-state index is 13.3. The number of halogens is 2. The highest BCUT2D eigenvalue weighted by Gasteiger charge is 2.22. The van der Waals surface area contributed by atoms with Crippen LogP contribution in [-0.4, -0.2) is 12.1 Å². The molecule has 1 aromatic rings. The fourth-order valence-corrected chi connectivity index (χ4v) is 1.97. The number of benzene rings is 1. The summed E-state index contributed by atoms with van der Waals surface area (Å²) in [5.41, 5.74) is 6.10.